The van der Waals surface area contributed by atoms with Crippen molar-refractivity contribution in [3.05, 3.63) is 23.9 Å². The number of carbonyl (C=O) groups excluding carboxylic acids is 2. The van der Waals surface area contributed by atoms with E-state index in [1.165, 1.54) is 0 Å². The summed E-state index contributed by atoms with van der Waals surface area (Å²) in [5.41, 5.74) is 0.603. The maximum atomic E-state index is 12.7. The minimum atomic E-state index is 0.0288. The van der Waals surface area contributed by atoms with Gasteiger partial charge in [-0.15, -0.1) is 0 Å². The Morgan fingerprint density at radius 1 is 1.23 bits per heavy atom. The van der Waals surface area contributed by atoms with Gasteiger partial charge in [0.1, 0.15) is 0 Å². The SMILES string of the molecule is CC(C)Oc1ccc(C(=O)N2CCC(CN3CCCCC3=O)CC2)cn1. The maximum Gasteiger partial charge on any atom is 0.255 e. The molecular formula is C20H29N3O3. The van der Waals surface area contributed by atoms with Gasteiger partial charge in [0.2, 0.25) is 11.8 Å². The average molecular weight is 359 g/mol. The molecule has 2 aliphatic rings. The Morgan fingerprint density at radius 3 is 2.62 bits per heavy atom. The number of rotatable bonds is 5. The van der Waals surface area contributed by atoms with Crippen LogP contribution in [0.5, 0.6) is 5.88 Å². The molecule has 0 bridgehead atoms. The number of hydrogen-bond donors (Lipinski definition) is 0. The number of carbonyl (C=O) groups is 2. The number of nitrogens with zero attached hydrogens (tertiary/aromatic N) is 3. The van der Waals surface area contributed by atoms with Crippen LogP contribution >= 0.6 is 0 Å². The highest BCUT2D eigenvalue weighted by Gasteiger charge is 2.27. The van der Waals surface area contributed by atoms with Crippen LogP contribution in [-0.2, 0) is 4.79 Å². The average Bonchev–Trinajstić information content (AvgIpc) is 2.64. The third-order valence-electron chi connectivity index (χ3n) is 5.14. The van der Waals surface area contributed by atoms with Gasteiger partial charge in [0.05, 0.1) is 11.7 Å². The summed E-state index contributed by atoms with van der Waals surface area (Å²) in [4.78, 5) is 32.8. The number of likely N-dealkylation sites (tertiary alicyclic amines) is 2. The molecule has 2 fully saturated rings. The predicted octanol–water partition coefficient (Wildman–Crippen LogP) is 2.73. The molecule has 3 heterocycles. The Hall–Kier alpha value is -2.11. The van der Waals surface area contributed by atoms with E-state index in [9.17, 15) is 9.59 Å². The summed E-state index contributed by atoms with van der Waals surface area (Å²) in [6, 6.07) is 3.54. The molecule has 0 radical (unpaired) electrons. The first kappa shape index (κ1) is 18.7. The van der Waals surface area contributed by atoms with Gasteiger partial charge >= 0.3 is 0 Å². The highest BCUT2D eigenvalue weighted by molar-refractivity contribution is 5.94. The van der Waals surface area contributed by atoms with E-state index in [0.29, 0.717) is 29.7 Å². The highest BCUT2D eigenvalue weighted by Crippen LogP contribution is 2.22. The molecule has 2 saturated heterocycles. The van der Waals surface area contributed by atoms with Crippen LogP contribution in [0.15, 0.2) is 18.3 Å². The molecule has 142 valence electrons. The standard InChI is InChI=1S/C20H29N3O3/c1-15(2)26-18-7-6-17(13-21-18)20(25)22-11-8-16(9-12-22)14-23-10-4-3-5-19(23)24/h6-7,13,15-16H,3-5,8-12,14H2,1-2H3. The topological polar surface area (TPSA) is 62.7 Å². The molecule has 2 amide bonds. The zero-order valence-corrected chi connectivity index (χ0v) is 15.8. The quantitative estimate of drug-likeness (QED) is 0.811. The minimum absolute atomic E-state index is 0.0288. The number of pyridine rings is 1. The second-order valence-electron chi connectivity index (χ2n) is 7.58. The largest absolute Gasteiger partial charge is 0.475 e. The molecule has 6 heteroatoms. The molecule has 0 atom stereocenters. The van der Waals surface area contributed by atoms with E-state index in [-0.39, 0.29) is 12.0 Å². The second kappa shape index (κ2) is 8.52. The molecular weight excluding hydrogens is 330 g/mol. The van der Waals surface area contributed by atoms with E-state index < -0.39 is 0 Å². The normalized spacial score (nSPS) is 19.1. The Labute approximate surface area is 155 Å². The van der Waals surface area contributed by atoms with Crippen LogP contribution < -0.4 is 4.74 Å². The van der Waals surface area contributed by atoms with Crippen molar-refractivity contribution in [2.45, 2.75) is 52.1 Å². The van der Waals surface area contributed by atoms with Crippen LogP contribution in [0.1, 0.15) is 56.3 Å². The van der Waals surface area contributed by atoms with Crippen molar-refractivity contribution in [3.63, 3.8) is 0 Å². The van der Waals surface area contributed by atoms with Crippen molar-refractivity contribution in [1.29, 1.82) is 0 Å². The zero-order valence-electron chi connectivity index (χ0n) is 15.8. The molecule has 1 aromatic rings. The van der Waals surface area contributed by atoms with Crippen molar-refractivity contribution in [2.75, 3.05) is 26.2 Å². The minimum Gasteiger partial charge on any atom is -0.475 e. The van der Waals surface area contributed by atoms with E-state index in [2.05, 4.69) is 4.98 Å². The first-order valence-electron chi connectivity index (χ1n) is 9.72. The van der Waals surface area contributed by atoms with E-state index in [0.717, 1.165) is 51.9 Å². The first-order chi connectivity index (χ1) is 12.5. The number of hydrogen-bond acceptors (Lipinski definition) is 4. The summed E-state index contributed by atoms with van der Waals surface area (Å²) in [5, 5.41) is 0. The number of ether oxygens (including phenoxy) is 1. The van der Waals surface area contributed by atoms with Crippen molar-refractivity contribution in [2.24, 2.45) is 5.92 Å². The lowest BCUT2D eigenvalue weighted by Crippen LogP contribution is -2.44. The summed E-state index contributed by atoms with van der Waals surface area (Å²) >= 11 is 0. The number of aromatic nitrogens is 1. The van der Waals surface area contributed by atoms with Gasteiger partial charge in [-0.3, -0.25) is 9.59 Å². The molecule has 0 saturated carbocycles. The molecule has 0 unspecified atom stereocenters. The van der Waals surface area contributed by atoms with E-state index in [1.807, 2.05) is 23.6 Å². The van der Waals surface area contributed by atoms with Crippen LogP contribution in [0.25, 0.3) is 0 Å². The molecule has 0 N–H and O–H groups in total. The Morgan fingerprint density at radius 2 is 2.00 bits per heavy atom. The van der Waals surface area contributed by atoms with Crippen LogP contribution in [0.2, 0.25) is 0 Å². The summed E-state index contributed by atoms with van der Waals surface area (Å²) in [6.45, 7) is 7.13. The molecule has 3 rings (SSSR count). The molecule has 2 aliphatic heterocycles. The van der Waals surface area contributed by atoms with Gasteiger partial charge in [0.25, 0.3) is 5.91 Å². The summed E-state index contributed by atoms with van der Waals surface area (Å²) in [5.74, 6) is 1.37. The molecule has 0 aromatic carbocycles. The van der Waals surface area contributed by atoms with Crippen LogP contribution in [0.3, 0.4) is 0 Å². The lowest BCUT2D eigenvalue weighted by Gasteiger charge is -2.36. The van der Waals surface area contributed by atoms with Gasteiger partial charge in [-0.1, -0.05) is 0 Å². The molecule has 0 aliphatic carbocycles. The smallest absolute Gasteiger partial charge is 0.255 e. The van der Waals surface area contributed by atoms with E-state index in [1.54, 1.807) is 18.3 Å². The molecule has 0 spiro atoms. The van der Waals surface area contributed by atoms with Gasteiger partial charge in [-0.2, -0.15) is 0 Å². The third kappa shape index (κ3) is 4.74. The van der Waals surface area contributed by atoms with Gasteiger partial charge in [0, 0.05) is 44.9 Å². The van der Waals surface area contributed by atoms with Gasteiger partial charge in [-0.25, -0.2) is 4.98 Å². The number of amides is 2. The Kier molecular flexibility index (Phi) is 6.12. The fraction of sp³-hybridized carbons (Fsp3) is 0.650. The number of piperidine rings is 2. The highest BCUT2D eigenvalue weighted by atomic mass is 16.5. The third-order valence-corrected chi connectivity index (χ3v) is 5.14. The second-order valence-corrected chi connectivity index (χ2v) is 7.58. The predicted molar refractivity (Wildman–Crippen MR) is 99.1 cm³/mol. The van der Waals surface area contributed by atoms with Crippen LogP contribution in [-0.4, -0.2) is 58.9 Å². The van der Waals surface area contributed by atoms with Crippen molar-refractivity contribution in [1.82, 2.24) is 14.8 Å². The molecule has 26 heavy (non-hydrogen) atoms. The molecule has 6 nitrogen and oxygen atoms in total. The summed E-state index contributed by atoms with van der Waals surface area (Å²) in [7, 11) is 0. The maximum absolute atomic E-state index is 12.7. The van der Waals surface area contributed by atoms with Gasteiger partial charge < -0.3 is 14.5 Å². The fourth-order valence-corrected chi connectivity index (χ4v) is 3.69. The lowest BCUT2D eigenvalue weighted by molar-refractivity contribution is -0.134. The van der Waals surface area contributed by atoms with Crippen molar-refractivity contribution in [3.8, 4) is 5.88 Å². The van der Waals surface area contributed by atoms with E-state index in [4.69, 9.17) is 4.74 Å². The first-order valence-corrected chi connectivity index (χ1v) is 9.72. The van der Waals surface area contributed by atoms with Crippen molar-refractivity contribution < 1.29 is 14.3 Å². The molecule has 1 aromatic heterocycles. The zero-order chi connectivity index (χ0) is 18.5. The van der Waals surface area contributed by atoms with Gasteiger partial charge in [0.15, 0.2) is 0 Å². The van der Waals surface area contributed by atoms with Crippen LogP contribution in [0, 0.1) is 5.92 Å². The monoisotopic (exact) mass is 359 g/mol. The Bertz CT molecular complexity index is 622. The van der Waals surface area contributed by atoms with Gasteiger partial charge in [-0.05, 0) is 51.5 Å². The lowest BCUT2D eigenvalue weighted by atomic mass is 9.95. The van der Waals surface area contributed by atoms with E-state index >= 15 is 0 Å². The summed E-state index contributed by atoms with van der Waals surface area (Å²) in [6.07, 6.45) is 6.41. The van der Waals surface area contributed by atoms with Crippen molar-refractivity contribution >= 4 is 11.8 Å². The fourth-order valence-electron chi connectivity index (χ4n) is 3.69. The summed E-state index contributed by atoms with van der Waals surface area (Å²) < 4.78 is 5.52. The Balaban J connectivity index is 1.49. The van der Waals surface area contributed by atoms with Crippen LogP contribution in [0.4, 0.5) is 0 Å².